The molecule has 0 radical (unpaired) electrons. The zero-order valence-electron chi connectivity index (χ0n) is 11.5. The minimum absolute atomic E-state index is 0.164. The number of pyridine rings is 1. The summed E-state index contributed by atoms with van der Waals surface area (Å²) < 4.78 is 0. The van der Waals surface area contributed by atoms with E-state index in [1.54, 1.807) is 24.5 Å². The van der Waals surface area contributed by atoms with Crippen LogP contribution < -0.4 is 5.32 Å². The molecule has 3 rings (SSSR count). The molecule has 2 heterocycles. The van der Waals surface area contributed by atoms with Crippen molar-refractivity contribution < 1.29 is 4.79 Å². The van der Waals surface area contributed by atoms with Gasteiger partial charge in [-0.2, -0.15) is 5.10 Å². The van der Waals surface area contributed by atoms with Gasteiger partial charge in [0.2, 0.25) is 0 Å². The molecule has 5 heteroatoms. The lowest BCUT2D eigenvalue weighted by molar-refractivity contribution is 0.102. The molecule has 0 unspecified atom stereocenters. The maximum Gasteiger partial charge on any atom is 0.257 e. The Balaban J connectivity index is 1.84. The third-order valence-corrected chi connectivity index (χ3v) is 3.18. The summed E-state index contributed by atoms with van der Waals surface area (Å²) in [7, 11) is 0. The van der Waals surface area contributed by atoms with E-state index >= 15 is 0 Å². The van der Waals surface area contributed by atoms with Crippen LogP contribution in [0.4, 0.5) is 5.69 Å². The number of hydrogen-bond donors (Lipinski definition) is 2. The lowest BCUT2D eigenvalue weighted by Crippen LogP contribution is -2.13. The summed E-state index contributed by atoms with van der Waals surface area (Å²) in [5.41, 5.74) is 3.89. The van der Waals surface area contributed by atoms with E-state index in [9.17, 15) is 4.79 Å². The Morgan fingerprint density at radius 1 is 1.14 bits per heavy atom. The fourth-order valence-electron chi connectivity index (χ4n) is 2.10. The van der Waals surface area contributed by atoms with Crippen LogP contribution in [0.3, 0.4) is 0 Å². The highest BCUT2D eigenvalue weighted by Crippen LogP contribution is 2.20. The number of benzene rings is 1. The number of aryl methyl sites for hydroxylation is 1. The lowest BCUT2D eigenvalue weighted by atomic mass is 10.1. The third kappa shape index (κ3) is 2.81. The maximum absolute atomic E-state index is 12.3. The van der Waals surface area contributed by atoms with Crippen molar-refractivity contribution in [2.24, 2.45) is 0 Å². The Morgan fingerprint density at radius 3 is 2.81 bits per heavy atom. The van der Waals surface area contributed by atoms with E-state index in [2.05, 4.69) is 20.5 Å². The predicted octanol–water partition coefficient (Wildman–Crippen LogP) is 3.03. The molecule has 1 amide bonds. The number of carbonyl (C=O) groups is 1. The van der Waals surface area contributed by atoms with E-state index in [-0.39, 0.29) is 5.91 Å². The number of aromatic nitrogens is 3. The molecule has 0 aliphatic carbocycles. The Hall–Kier alpha value is -2.95. The van der Waals surface area contributed by atoms with Gasteiger partial charge in [-0.05, 0) is 37.3 Å². The van der Waals surface area contributed by atoms with Gasteiger partial charge >= 0.3 is 0 Å². The highest BCUT2D eigenvalue weighted by Gasteiger charge is 2.10. The van der Waals surface area contributed by atoms with Gasteiger partial charge in [0.25, 0.3) is 5.91 Å². The number of amides is 1. The van der Waals surface area contributed by atoms with Crippen LogP contribution in [-0.4, -0.2) is 21.1 Å². The van der Waals surface area contributed by atoms with Gasteiger partial charge in [0.15, 0.2) is 0 Å². The Labute approximate surface area is 122 Å². The Bertz CT molecular complexity index is 765. The number of hydrogen-bond acceptors (Lipinski definition) is 3. The highest BCUT2D eigenvalue weighted by atomic mass is 16.1. The number of rotatable bonds is 3. The van der Waals surface area contributed by atoms with Gasteiger partial charge in [0.05, 0.1) is 11.3 Å². The largest absolute Gasteiger partial charge is 0.322 e. The fourth-order valence-corrected chi connectivity index (χ4v) is 2.10. The molecule has 104 valence electrons. The van der Waals surface area contributed by atoms with Crippen molar-refractivity contribution in [2.75, 3.05) is 5.32 Å². The van der Waals surface area contributed by atoms with Crippen LogP contribution in [0.2, 0.25) is 0 Å². The predicted molar refractivity (Wildman–Crippen MR) is 81.0 cm³/mol. The number of anilines is 1. The molecule has 0 aliphatic heterocycles. The van der Waals surface area contributed by atoms with Gasteiger partial charge in [-0.1, -0.05) is 12.1 Å². The minimum Gasteiger partial charge on any atom is -0.322 e. The molecule has 0 aliphatic rings. The van der Waals surface area contributed by atoms with Gasteiger partial charge in [-0.25, -0.2) is 0 Å². The zero-order valence-corrected chi connectivity index (χ0v) is 11.5. The number of carbonyl (C=O) groups excluding carboxylic acids is 1. The zero-order chi connectivity index (χ0) is 14.7. The highest BCUT2D eigenvalue weighted by molar-refractivity contribution is 6.05. The van der Waals surface area contributed by atoms with Crippen LogP contribution in [0.1, 0.15) is 16.1 Å². The number of H-pyrrole nitrogens is 1. The summed E-state index contributed by atoms with van der Waals surface area (Å²) in [5, 5.41) is 9.72. The first-order valence-corrected chi connectivity index (χ1v) is 6.57. The molecule has 3 aromatic rings. The minimum atomic E-state index is -0.164. The fraction of sp³-hybridized carbons (Fsp3) is 0.0625. The van der Waals surface area contributed by atoms with Crippen molar-refractivity contribution in [1.29, 1.82) is 0 Å². The number of nitrogens with one attached hydrogen (secondary N) is 2. The second-order valence-electron chi connectivity index (χ2n) is 4.64. The van der Waals surface area contributed by atoms with Crippen molar-refractivity contribution in [3.8, 4) is 11.3 Å². The molecule has 0 saturated heterocycles. The molecule has 1 aromatic carbocycles. The van der Waals surface area contributed by atoms with Crippen LogP contribution in [0.5, 0.6) is 0 Å². The van der Waals surface area contributed by atoms with Gasteiger partial charge in [-0.15, -0.1) is 0 Å². The van der Waals surface area contributed by atoms with E-state index in [0.717, 1.165) is 16.9 Å². The van der Waals surface area contributed by atoms with Crippen molar-refractivity contribution >= 4 is 11.6 Å². The first-order chi connectivity index (χ1) is 10.2. The summed E-state index contributed by atoms with van der Waals surface area (Å²) in [6.07, 6.45) is 3.37. The van der Waals surface area contributed by atoms with E-state index in [1.165, 1.54) is 0 Å². The molecule has 0 bridgehead atoms. The smallest absolute Gasteiger partial charge is 0.257 e. The van der Waals surface area contributed by atoms with Gasteiger partial charge in [0, 0.05) is 29.3 Å². The number of nitrogens with zero attached hydrogens (tertiary/aromatic N) is 2. The van der Waals surface area contributed by atoms with Crippen LogP contribution in [0.25, 0.3) is 11.3 Å². The van der Waals surface area contributed by atoms with Gasteiger partial charge in [-0.3, -0.25) is 14.9 Å². The Morgan fingerprint density at radius 2 is 2.05 bits per heavy atom. The quantitative estimate of drug-likeness (QED) is 0.773. The van der Waals surface area contributed by atoms with Gasteiger partial charge in [0.1, 0.15) is 0 Å². The monoisotopic (exact) mass is 278 g/mol. The average Bonchev–Trinajstić information content (AvgIpc) is 3.02. The molecule has 5 nitrogen and oxygen atoms in total. The van der Waals surface area contributed by atoms with Crippen LogP contribution in [0.15, 0.2) is 54.9 Å². The van der Waals surface area contributed by atoms with Crippen molar-refractivity contribution in [3.63, 3.8) is 0 Å². The SMILES string of the molecule is Cc1ncccc1C(=O)Nc1cccc(-c2ccn[nH]2)c1. The van der Waals surface area contributed by atoms with E-state index in [1.807, 2.05) is 37.3 Å². The standard InChI is InChI=1S/C16H14N4O/c1-11-14(6-3-8-17-11)16(21)19-13-5-2-4-12(10-13)15-7-9-18-20-15/h2-10H,1H3,(H,18,20)(H,19,21). The summed E-state index contributed by atoms with van der Waals surface area (Å²) in [5.74, 6) is -0.164. The van der Waals surface area contributed by atoms with Crippen LogP contribution >= 0.6 is 0 Å². The molecule has 0 fully saturated rings. The Kier molecular flexibility index (Phi) is 3.47. The summed E-state index contributed by atoms with van der Waals surface area (Å²) in [6, 6.07) is 13.0. The van der Waals surface area contributed by atoms with E-state index in [4.69, 9.17) is 0 Å². The van der Waals surface area contributed by atoms with Crippen LogP contribution in [0, 0.1) is 6.92 Å². The van der Waals surface area contributed by atoms with Crippen LogP contribution in [-0.2, 0) is 0 Å². The second-order valence-corrected chi connectivity index (χ2v) is 4.64. The summed E-state index contributed by atoms with van der Waals surface area (Å²) in [6.45, 7) is 1.82. The van der Waals surface area contributed by atoms with E-state index in [0.29, 0.717) is 11.3 Å². The molecule has 0 atom stereocenters. The molecular formula is C16H14N4O. The van der Waals surface area contributed by atoms with Gasteiger partial charge < -0.3 is 5.32 Å². The van der Waals surface area contributed by atoms with Crippen molar-refractivity contribution in [1.82, 2.24) is 15.2 Å². The van der Waals surface area contributed by atoms with Crippen molar-refractivity contribution in [3.05, 3.63) is 66.1 Å². The molecule has 0 spiro atoms. The maximum atomic E-state index is 12.3. The van der Waals surface area contributed by atoms with E-state index < -0.39 is 0 Å². The third-order valence-electron chi connectivity index (χ3n) is 3.18. The lowest BCUT2D eigenvalue weighted by Gasteiger charge is -2.08. The second kappa shape index (κ2) is 5.58. The summed E-state index contributed by atoms with van der Waals surface area (Å²) in [4.78, 5) is 16.4. The number of aromatic amines is 1. The average molecular weight is 278 g/mol. The molecule has 21 heavy (non-hydrogen) atoms. The first-order valence-electron chi connectivity index (χ1n) is 6.57. The summed E-state index contributed by atoms with van der Waals surface area (Å²) >= 11 is 0. The molecule has 0 saturated carbocycles. The van der Waals surface area contributed by atoms with Crippen molar-refractivity contribution in [2.45, 2.75) is 6.92 Å². The topological polar surface area (TPSA) is 70.7 Å². The normalized spacial score (nSPS) is 10.3. The molecular weight excluding hydrogens is 264 g/mol. The first kappa shape index (κ1) is 13.1. The molecule has 2 N–H and O–H groups in total. The molecule has 2 aromatic heterocycles.